The van der Waals surface area contributed by atoms with E-state index in [1.165, 1.54) is 0 Å². The van der Waals surface area contributed by atoms with Crippen LogP contribution in [-0.2, 0) is 4.74 Å². The average molecular weight is 280 g/mol. The van der Waals surface area contributed by atoms with Crippen LogP contribution in [0.15, 0.2) is 24.3 Å². The van der Waals surface area contributed by atoms with Gasteiger partial charge in [-0.3, -0.25) is 0 Å². The molecule has 1 aromatic carbocycles. The predicted molar refractivity (Wildman–Crippen MR) is 74.3 cm³/mol. The van der Waals surface area contributed by atoms with Gasteiger partial charge in [0.25, 0.3) is 0 Å². The highest BCUT2D eigenvalue weighted by molar-refractivity contribution is 5.74. The van der Waals surface area contributed by atoms with Crippen LogP contribution in [0.3, 0.4) is 0 Å². The first-order valence-corrected chi connectivity index (χ1v) is 6.67. The fourth-order valence-electron chi connectivity index (χ4n) is 1.90. The van der Waals surface area contributed by atoms with Crippen LogP contribution in [0.4, 0.5) is 4.79 Å². The number of rotatable bonds is 5. The molecule has 2 rings (SSSR count). The smallest absolute Gasteiger partial charge is 0.317 e. The quantitative estimate of drug-likeness (QED) is 0.821. The van der Waals surface area contributed by atoms with Crippen molar-refractivity contribution in [1.82, 2.24) is 10.2 Å². The van der Waals surface area contributed by atoms with Crippen LogP contribution in [0.1, 0.15) is 0 Å². The number of carbonyl (C=O) groups is 1. The molecule has 1 aromatic rings. The molecule has 0 bridgehead atoms. The van der Waals surface area contributed by atoms with E-state index in [4.69, 9.17) is 14.2 Å². The molecular formula is C14H20N2O4. The van der Waals surface area contributed by atoms with Crippen molar-refractivity contribution in [1.29, 1.82) is 0 Å². The minimum absolute atomic E-state index is 0.0671. The first kappa shape index (κ1) is 14.5. The van der Waals surface area contributed by atoms with Crippen LogP contribution in [0.25, 0.3) is 0 Å². The van der Waals surface area contributed by atoms with Crippen molar-refractivity contribution >= 4 is 6.03 Å². The molecule has 0 spiro atoms. The van der Waals surface area contributed by atoms with Gasteiger partial charge in [0.05, 0.1) is 26.9 Å². The molecule has 0 aromatic heterocycles. The lowest BCUT2D eigenvalue weighted by molar-refractivity contribution is 0.0530. The lowest BCUT2D eigenvalue weighted by atomic mass is 10.3. The molecule has 0 radical (unpaired) electrons. The summed E-state index contributed by atoms with van der Waals surface area (Å²) in [5.41, 5.74) is 0. The molecule has 0 aliphatic carbocycles. The number of urea groups is 1. The summed E-state index contributed by atoms with van der Waals surface area (Å²) in [5.74, 6) is 1.48. The minimum Gasteiger partial charge on any atom is -0.497 e. The first-order chi connectivity index (χ1) is 9.79. The summed E-state index contributed by atoms with van der Waals surface area (Å²) in [6, 6.07) is 7.31. The molecule has 1 saturated heterocycles. The van der Waals surface area contributed by atoms with E-state index in [9.17, 15) is 4.79 Å². The van der Waals surface area contributed by atoms with Gasteiger partial charge in [0.15, 0.2) is 0 Å². The normalized spacial score (nSPS) is 14.8. The maximum atomic E-state index is 11.8. The second-order valence-corrected chi connectivity index (χ2v) is 4.36. The monoisotopic (exact) mass is 280 g/mol. The third-order valence-corrected chi connectivity index (χ3v) is 2.99. The van der Waals surface area contributed by atoms with Crippen LogP contribution >= 0.6 is 0 Å². The largest absolute Gasteiger partial charge is 0.497 e. The van der Waals surface area contributed by atoms with Gasteiger partial charge in [-0.15, -0.1) is 0 Å². The van der Waals surface area contributed by atoms with E-state index in [2.05, 4.69) is 5.32 Å². The Morgan fingerprint density at radius 3 is 2.85 bits per heavy atom. The minimum atomic E-state index is -0.0671. The molecule has 1 fully saturated rings. The Morgan fingerprint density at radius 1 is 1.35 bits per heavy atom. The summed E-state index contributed by atoms with van der Waals surface area (Å²) in [5, 5.41) is 2.83. The molecular weight excluding hydrogens is 260 g/mol. The van der Waals surface area contributed by atoms with E-state index in [1.54, 1.807) is 12.0 Å². The van der Waals surface area contributed by atoms with E-state index in [0.29, 0.717) is 39.5 Å². The number of amides is 2. The summed E-state index contributed by atoms with van der Waals surface area (Å²) in [4.78, 5) is 13.5. The number of methoxy groups -OCH3 is 1. The molecule has 110 valence electrons. The molecule has 1 heterocycles. The van der Waals surface area contributed by atoms with Crippen LogP contribution in [0.5, 0.6) is 11.5 Å². The molecule has 0 unspecified atom stereocenters. The number of hydrogen-bond acceptors (Lipinski definition) is 4. The summed E-state index contributed by atoms with van der Waals surface area (Å²) in [7, 11) is 1.61. The van der Waals surface area contributed by atoms with E-state index >= 15 is 0 Å². The Hall–Kier alpha value is -1.95. The number of morpholine rings is 1. The molecule has 1 aliphatic rings. The van der Waals surface area contributed by atoms with Gasteiger partial charge in [-0.05, 0) is 12.1 Å². The van der Waals surface area contributed by atoms with Crippen molar-refractivity contribution in [2.45, 2.75) is 0 Å². The predicted octanol–water partition coefficient (Wildman–Crippen LogP) is 1.12. The zero-order chi connectivity index (χ0) is 14.2. The zero-order valence-electron chi connectivity index (χ0n) is 11.6. The fraction of sp³-hybridized carbons (Fsp3) is 0.500. The number of carbonyl (C=O) groups excluding carboxylic acids is 1. The zero-order valence-corrected chi connectivity index (χ0v) is 11.6. The van der Waals surface area contributed by atoms with Crippen molar-refractivity contribution in [3.05, 3.63) is 24.3 Å². The van der Waals surface area contributed by atoms with E-state index in [0.717, 1.165) is 11.5 Å². The Kier molecular flexibility index (Phi) is 5.49. The van der Waals surface area contributed by atoms with Crippen molar-refractivity contribution in [3.8, 4) is 11.5 Å². The van der Waals surface area contributed by atoms with Gasteiger partial charge in [-0.25, -0.2) is 4.79 Å². The summed E-state index contributed by atoms with van der Waals surface area (Å²) < 4.78 is 15.9. The molecule has 6 heteroatoms. The highest BCUT2D eigenvalue weighted by Crippen LogP contribution is 2.18. The van der Waals surface area contributed by atoms with E-state index < -0.39 is 0 Å². The molecule has 0 atom stereocenters. The molecule has 6 nitrogen and oxygen atoms in total. The molecule has 1 aliphatic heterocycles. The number of nitrogens with zero attached hydrogens (tertiary/aromatic N) is 1. The van der Waals surface area contributed by atoms with Crippen molar-refractivity contribution in [3.63, 3.8) is 0 Å². The Bertz CT molecular complexity index is 433. The molecule has 20 heavy (non-hydrogen) atoms. The van der Waals surface area contributed by atoms with Crippen LogP contribution < -0.4 is 14.8 Å². The maximum absolute atomic E-state index is 11.8. The average Bonchev–Trinajstić information content (AvgIpc) is 2.52. The second kappa shape index (κ2) is 7.59. The van der Waals surface area contributed by atoms with Crippen molar-refractivity contribution < 1.29 is 19.0 Å². The number of ether oxygens (including phenoxy) is 3. The van der Waals surface area contributed by atoms with Gasteiger partial charge in [-0.1, -0.05) is 6.07 Å². The number of hydrogen-bond donors (Lipinski definition) is 1. The Labute approximate surface area is 118 Å². The Morgan fingerprint density at radius 2 is 2.10 bits per heavy atom. The lowest BCUT2D eigenvalue weighted by Gasteiger charge is -2.26. The SMILES string of the molecule is COc1cccc(OCCNC(=O)N2CCOCC2)c1. The van der Waals surface area contributed by atoms with Crippen molar-refractivity contribution in [2.75, 3.05) is 46.6 Å². The molecule has 1 N–H and O–H groups in total. The van der Waals surface area contributed by atoms with Gasteiger partial charge >= 0.3 is 6.03 Å². The van der Waals surface area contributed by atoms with E-state index in [1.807, 2.05) is 24.3 Å². The lowest BCUT2D eigenvalue weighted by Crippen LogP contribution is -2.47. The van der Waals surface area contributed by atoms with Crippen molar-refractivity contribution in [2.24, 2.45) is 0 Å². The third kappa shape index (κ3) is 4.31. The highest BCUT2D eigenvalue weighted by atomic mass is 16.5. The second-order valence-electron chi connectivity index (χ2n) is 4.36. The van der Waals surface area contributed by atoms with Crippen LogP contribution in [0, 0.1) is 0 Å². The van der Waals surface area contributed by atoms with Gasteiger partial charge in [0.1, 0.15) is 18.1 Å². The van der Waals surface area contributed by atoms with Gasteiger partial charge in [-0.2, -0.15) is 0 Å². The Balaban J connectivity index is 1.66. The van der Waals surface area contributed by atoms with E-state index in [-0.39, 0.29) is 6.03 Å². The standard InChI is InChI=1S/C14H20N2O4/c1-18-12-3-2-4-13(11-12)20-8-5-15-14(17)16-6-9-19-10-7-16/h2-4,11H,5-10H2,1H3,(H,15,17). The van der Waals surface area contributed by atoms with Crippen LogP contribution in [-0.4, -0.2) is 57.5 Å². The fourth-order valence-corrected chi connectivity index (χ4v) is 1.90. The topological polar surface area (TPSA) is 60.0 Å². The molecule has 2 amide bonds. The third-order valence-electron chi connectivity index (χ3n) is 2.99. The van der Waals surface area contributed by atoms with Gasteiger partial charge in [0.2, 0.25) is 0 Å². The highest BCUT2D eigenvalue weighted by Gasteiger charge is 2.15. The molecule has 0 saturated carbocycles. The van der Waals surface area contributed by atoms with Gasteiger partial charge in [0, 0.05) is 19.2 Å². The summed E-state index contributed by atoms with van der Waals surface area (Å²) in [6.45, 7) is 3.38. The summed E-state index contributed by atoms with van der Waals surface area (Å²) >= 11 is 0. The van der Waals surface area contributed by atoms with Gasteiger partial charge < -0.3 is 24.4 Å². The first-order valence-electron chi connectivity index (χ1n) is 6.67. The maximum Gasteiger partial charge on any atom is 0.317 e. The number of benzene rings is 1. The number of nitrogens with one attached hydrogen (secondary N) is 1. The van der Waals surface area contributed by atoms with Crippen LogP contribution in [0.2, 0.25) is 0 Å². The summed E-state index contributed by atoms with van der Waals surface area (Å²) in [6.07, 6.45) is 0.